The molecule has 0 aromatic rings. The number of rotatable bonds is 4. The molecule has 1 fully saturated rings. The number of ether oxygens (including phenoxy) is 1. The number of hydrogen-bond acceptors (Lipinski definition) is 5. The first-order valence-electron chi connectivity index (χ1n) is 4.38. The van der Waals surface area contributed by atoms with Crippen molar-refractivity contribution in [1.29, 1.82) is 0 Å². The van der Waals surface area contributed by atoms with Crippen LogP contribution in [0.4, 0.5) is 4.79 Å². The van der Waals surface area contributed by atoms with Gasteiger partial charge in [0, 0.05) is 0 Å². The van der Waals surface area contributed by atoms with E-state index in [2.05, 4.69) is 4.74 Å². The summed E-state index contributed by atoms with van der Waals surface area (Å²) in [4.78, 5) is 35.0. The fraction of sp³-hybridized carbons (Fsp3) is 0.625. The molecular formula is C8H12N2O5. The van der Waals surface area contributed by atoms with E-state index in [0.717, 1.165) is 4.90 Å². The maximum absolute atomic E-state index is 11.4. The van der Waals surface area contributed by atoms with Gasteiger partial charge in [-0.1, -0.05) is 0 Å². The molecule has 0 unspecified atom stereocenters. The molecule has 1 heterocycles. The minimum Gasteiger partial charge on any atom is -0.480 e. The van der Waals surface area contributed by atoms with E-state index in [1.54, 1.807) is 0 Å². The standard InChI is InChI=1S/C8H12N2O5/c1-9(5-7(12)13)4-6(11)10-2-3-15-8(10)14/h2-5H2,1H3,(H,12,13). The lowest BCUT2D eigenvalue weighted by Gasteiger charge is -2.16. The molecule has 0 atom stereocenters. The minimum absolute atomic E-state index is 0.110. The van der Waals surface area contributed by atoms with Crippen LogP contribution < -0.4 is 0 Å². The van der Waals surface area contributed by atoms with Gasteiger partial charge in [-0.2, -0.15) is 0 Å². The Hall–Kier alpha value is -1.63. The molecule has 0 aromatic carbocycles. The molecule has 1 aliphatic heterocycles. The van der Waals surface area contributed by atoms with Gasteiger partial charge in [0.05, 0.1) is 19.6 Å². The van der Waals surface area contributed by atoms with Gasteiger partial charge in [0.15, 0.2) is 0 Å². The molecule has 15 heavy (non-hydrogen) atoms. The predicted molar refractivity (Wildman–Crippen MR) is 48.2 cm³/mol. The number of carbonyl (C=O) groups is 3. The van der Waals surface area contributed by atoms with Crippen molar-refractivity contribution in [2.24, 2.45) is 0 Å². The Balaban J connectivity index is 2.41. The molecule has 1 N–H and O–H groups in total. The highest BCUT2D eigenvalue weighted by Gasteiger charge is 2.28. The van der Waals surface area contributed by atoms with Crippen LogP contribution in [0, 0.1) is 0 Å². The summed E-state index contributed by atoms with van der Waals surface area (Å²) in [6.45, 7) is 0.0851. The SMILES string of the molecule is CN(CC(=O)O)CC(=O)N1CCOC1=O. The smallest absolute Gasteiger partial charge is 0.416 e. The van der Waals surface area contributed by atoms with Crippen LogP contribution in [-0.2, 0) is 14.3 Å². The first-order chi connectivity index (χ1) is 7.00. The Bertz CT molecular complexity index is 291. The van der Waals surface area contributed by atoms with E-state index in [1.807, 2.05) is 0 Å². The van der Waals surface area contributed by atoms with Crippen LogP contribution in [-0.4, -0.2) is 66.2 Å². The number of imide groups is 1. The molecule has 7 heteroatoms. The number of likely N-dealkylation sites (N-methyl/N-ethyl adjacent to an activating group) is 1. The quantitative estimate of drug-likeness (QED) is 0.647. The van der Waals surface area contributed by atoms with E-state index < -0.39 is 18.0 Å². The van der Waals surface area contributed by atoms with Gasteiger partial charge >= 0.3 is 12.1 Å². The fourth-order valence-corrected chi connectivity index (χ4v) is 1.22. The Labute approximate surface area is 86.2 Å². The minimum atomic E-state index is -1.02. The maximum atomic E-state index is 11.4. The van der Waals surface area contributed by atoms with E-state index in [4.69, 9.17) is 5.11 Å². The molecule has 0 aliphatic carbocycles. The number of aliphatic carboxylic acids is 1. The first-order valence-corrected chi connectivity index (χ1v) is 4.38. The summed E-state index contributed by atoms with van der Waals surface area (Å²) in [6.07, 6.45) is -0.663. The van der Waals surface area contributed by atoms with E-state index in [0.29, 0.717) is 0 Å². The van der Waals surface area contributed by atoms with Gasteiger partial charge in [-0.3, -0.25) is 14.5 Å². The van der Waals surface area contributed by atoms with Crippen LogP contribution in [0.25, 0.3) is 0 Å². The summed E-state index contributed by atoms with van der Waals surface area (Å²) in [5.74, 6) is -1.46. The molecule has 0 spiro atoms. The van der Waals surface area contributed by atoms with Gasteiger partial charge in [-0.25, -0.2) is 9.69 Å². The number of carbonyl (C=O) groups excluding carboxylic acids is 2. The Kier molecular flexibility index (Phi) is 3.62. The number of amides is 2. The first kappa shape index (κ1) is 11.4. The number of hydrogen-bond donors (Lipinski definition) is 1. The van der Waals surface area contributed by atoms with E-state index in [1.165, 1.54) is 11.9 Å². The van der Waals surface area contributed by atoms with Crippen LogP contribution >= 0.6 is 0 Å². The summed E-state index contributed by atoms with van der Waals surface area (Å²) in [7, 11) is 1.49. The van der Waals surface area contributed by atoms with Crippen molar-refractivity contribution >= 4 is 18.0 Å². The summed E-state index contributed by atoms with van der Waals surface area (Å²) in [5, 5.41) is 8.46. The van der Waals surface area contributed by atoms with Crippen molar-refractivity contribution in [2.45, 2.75) is 0 Å². The second-order valence-electron chi connectivity index (χ2n) is 3.23. The Morgan fingerprint density at radius 3 is 2.67 bits per heavy atom. The molecule has 1 rings (SSSR count). The zero-order valence-electron chi connectivity index (χ0n) is 8.30. The zero-order chi connectivity index (χ0) is 11.4. The summed E-state index contributed by atoms with van der Waals surface area (Å²) in [6, 6.07) is 0. The molecule has 1 saturated heterocycles. The predicted octanol–water partition coefficient (Wildman–Crippen LogP) is -1.02. The van der Waals surface area contributed by atoms with Crippen LogP contribution in [0.5, 0.6) is 0 Å². The lowest BCUT2D eigenvalue weighted by molar-refractivity contribution is -0.138. The van der Waals surface area contributed by atoms with Crippen molar-refractivity contribution in [2.75, 3.05) is 33.3 Å². The molecular weight excluding hydrogens is 204 g/mol. The highest BCUT2D eigenvalue weighted by molar-refractivity contribution is 5.94. The van der Waals surface area contributed by atoms with E-state index in [-0.39, 0.29) is 26.2 Å². The maximum Gasteiger partial charge on any atom is 0.416 e. The average molecular weight is 216 g/mol. The number of cyclic esters (lactones) is 1. The lowest BCUT2D eigenvalue weighted by Crippen LogP contribution is -2.40. The normalized spacial score (nSPS) is 15.6. The third-order valence-corrected chi connectivity index (χ3v) is 1.87. The number of nitrogens with zero attached hydrogens (tertiary/aromatic N) is 2. The monoisotopic (exact) mass is 216 g/mol. The fourth-order valence-electron chi connectivity index (χ4n) is 1.22. The number of carboxylic acid groups (broad SMARTS) is 1. The molecule has 84 valence electrons. The van der Waals surface area contributed by atoms with Gasteiger partial charge in [0.25, 0.3) is 0 Å². The second-order valence-corrected chi connectivity index (χ2v) is 3.23. The third kappa shape index (κ3) is 3.21. The average Bonchev–Trinajstić information content (AvgIpc) is 2.49. The Morgan fingerprint density at radius 2 is 2.20 bits per heavy atom. The summed E-state index contributed by atoms with van der Waals surface area (Å²) in [5.41, 5.74) is 0. The van der Waals surface area contributed by atoms with Crippen LogP contribution in [0.3, 0.4) is 0 Å². The molecule has 0 aromatic heterocycles. The van der Waals surface area contributed by atoms with Gasteiger partial charge < -0.3 is 9.84 Å². The van der Waals surface area contributed by atoms with E-state index in [9.17, 15) is 14.4 Å². The molecule has 0 radical (unpaired) electrons. The van der Waals surface area contributed by atoms with Crippen LogP contribution in [0.15, 0.2) is 0 Å². The third-order valence-electron chi connectivity index (χ3n) is 1.87. The van der Waals surface area contributed by atoms with Gasteiger partial charge in [0.1, 0.15) is 6.61 Å². The molecule has 1 aliphatic rings. The molecule has 0 bridgehead atoms. The highest BCUT2D eigenvalue weighted by atomic mass is 16.6. The molecule has 0 saturated carbocycles. The summed E-state index contributed by atoms with van der Waals surface area (Å²) >= 11 is 0. The molecule has 7 nitrogen and oxygen atoms in total. The topological polar surface area (TPSA) is 87.2 Å². The number of carboxylic acids is 1. The van der Waals surface area contributed by atoms with Gasteiger partial charge in [0.2, 0.25) is 5.91 Å². The second kappa shape index (κ2) is 4.74. The lowest BCUT2D eigenvalue weighted by atomic mass is 10.4. The van der Waals surface area contributed by atoms with Gasteiger partial charge in [-0.15, -0.1) is 0 Å². The van der Waals surface area contributed by atoms with Crippen LogP contribution in [0.1, 0.15) is 0 Å². The summed E-state index contributed by atoms with van der Waals surface area (Å²) < 4.78 is 4.58. The largest absolute Gasteiger partial charge is 0.480 e. The van der Waals surface area contributed by atoms with Gasteiger partial charge in [-0.05, 0) is 7.05 Å². The van der Waals surface area contributed by atoms with E-state index >= 15 is 0 Å². The van der Waals surface area contributed by atoms with Crippen molar-refractivity contribution in [3.05, 3.63) is 0 Å². The zero-order valence-corrected chi connectivity index (χ0v) is 8.30. The molecule has 2 amide bonds. The van der Waals surface area contributed by atoms with Crippen LogP contribution in [0.2, 0.25) is 0 Å². The van der Waals surface area contributed by atoms with Crippen molar-refractivity contribution < 1.29 is 24.2 Å². The van der Waals surface area contributed by atoms with Crippen molar-refractivity contribution in [3.63, 3.8) is 0 Å². The highest BCUT2D eigenvalue weighted by Crippen LogP contribution is 2.03. The Morgan fingerprint density at radius 1 is 1.53 bits per heavy atom. The van der Waals surface area contributed by atoms with Crippen molar-refractivity contribution in [3.8, 4) is 0 Å². The van der Waals surface area contributed by atoms with Crippen molar-refractivity contribution in [1.82, 2.24) is 9.80 Å².